The SMILES string of the molecule is CC1(C)c2cc(C#N)ccc2-c2ccc(-c3cc(Cl)cc(-c4cc(-c5ccc(-c6ccccc6)cc5)nc(-c5ccccc5)n4)c3)cc21. The molecule has 1 aromatic heterocycles. The Hall–Kier alpha value is -5.82. The van der Waals surface area contributed by atoms with Crippen molar-refractivity contribution in [3.8, 4) is 73.4 Å². The molecule has 0 spiro atoms. The summed E-state index contributed by atoms with van der Waals surface area (Å²) in [6.45, 7) is 4.46. The van der Waals surface area contributed by atoms with Gasteiger partial charge in [0, 0.05) is 27.1 Å². The first-order valence-electron chi connectivity index (χ1n) is 16.0. The molecule has 4 heteroatoms. The fourth-order valence-corrected chi connectivity index (χ4v) is 7.05. The van der Waals surface area contributed by atoms with Gasteiger partial charge in [-0.2, -0.15) is 5.26 Å². The van der Waals surface area contributed by atoms with Gasteiger partial charge in [0.25, 0.3) is 0 Å². The Morgan fingerprint density at radius 2 is 1.04 bits per heavy atom. The first-order valence-corrected chi connectivity index (χ1v) is 16.4. The highest BCUT2D eigenvalue weighted by atomic mass is 35.5. The van der Waals surface area contributed by atoms with Gasteiger partial charge in [-0.15, -0.1) is 0 Å². The second-order valence-corrected chi connectivity index (χ2v) is 13.2. The molecule has 1 aliphatic carbocycles. The molecular weight excluding hydrogens is 606 g/mol. The summed E-state index contributed by atoms with van der Waals surface area (Å²) in [6.07, 6.45) is 0. The zero-order valence-electron chi connectivity index (χ0n) is 26.6. The third-order valence-corrected chi connectivity index (χ3v) is 9.60. The molecule has 1 heterocycles. The Balaban J connectivity index is 1.22. The van der Waals surface area contributed by atoms with Gasteiger partial charge in [-0.3, -0.25) is 0 Å². The van der Waals surface area contributed by atoms with E-state index >= 15 is 0 Å². The van der Waals surface area contributed by atoms with Crippen LogP contribution in [0, 0.1) is 11.3 Å². The lowest BCUT2D eigenvalue weighted by Crippen LogP contribution is -2.15. The summed E-state index contributed by atoms with van der Waals surface area (Å²) in [7, 11) is 0. The Bertz CT molecular complexity index is 2370. The second kappa shape index (κ2) is 11.8. The van der Waals surface area contributed by atoms with Crippen molar-refractivity contribution in [2.24, 2.45) is 0 Å². The fraction of sp³-hybridized carbons (Fsp3) is 0.0682. The van der Waals surface area contributed by atoms with Gasteiger partial charge in [-0.1, -0.05) is 129 Å². The van der Waals surface area contributed by atoms with Crippen LogP contribution in [0.25, 0.3) is 67.3 Å². The molecule has 0 unspecified atom stereocenters. The number of hydrogen-bond acceptors (Lipinski definition) is 3. The third-order valence-electron chi connectivity index (χ3n) is 9.38. The molecule has 0 bridgehead atoms. The third kappa shape index (κ3) is 5.27. The summed E-state index contributed by atoms with van der Waals surface area (Å²) < 4.78 is 0. The molecule has 0 amide bonds. The average Bonchev–Trinajstić information content (AvgIpc) is 3.36. The lowest BCUT2D eigenvalue weighted by Gasteiger charge is -2.22. The molecule has 0 atom stereocenters. The van der Waals surface area contributed by atoms with Crippen LogP contribution in [0.5, 0.6) is 0 Å². The van der Waals surface area contributed by atoms with E-state index in [0.29, 0.717) is 16.4 Å². The van der Waals surface area contributed by atoms with Crippen molar-refractivity contribution in [3.05, 3.63) is 167 Å². The summed E-state index contributed by atoms with van der Waals surface area (Å²) in [4.78, 5) is 10.1. The monoisotopic (exact) mass is 635 g/mol. The number of rotatable bonds is 5. The molecule has 0 radical (unpaired) electrons. The van der Waals surface area contributed by atoms with Crippen molar-refractivity contribution in [3.63, 3.8) is 0 Å². The Kier molecular flexibility index (Phi) is 7.25. The van der Waals surface area contributed by atoms with Crippen LogP contribution in [0.3, 0.4) is 0 Å². The van der Waals surface area contributed by atoms with E-state index in [4.69, 9.17) is 21.6 Å². The molecule has 6 aromatic carbocycles. The van der Waals surface area contributed by atoms with Crippen LogP contribution in [0.15, 0.2) is 146 Å². The van der Waals surface area contributed by atoms with Gasteiger partial charge in [-0.05, 0) is 87.0 Å². The molecular formula is C44H30ClN3. The van der Waals surface area contributed by atoms with Gasteiger partial charge in [0.2, 0.25) is 0 Å². The minimum absolute atomic E-state index is 0.239. The van der Waals surface area contributed by atoms with Crippen LogP contribution in [0.1, 0.15) is 30.5 Å². The predicted octanol–water partition coefficient (Wildman–Crippen LogP) is 11.6. The summed E-state index contributed by atoms with van der Waals surface area (Å²) in [6, 6.07) is 52.1. The van der Waals surface area contributed by atoms with Crippen LogP contribution in [0.2, 0.25) is 5.02 Å². The van der Waals surface area contributed by atoms with Crippen molar-refractivity contribution in [2.75, 3.05) is 0 Å². The molecule has 0 aliphatic heterocycles. The van der Waals surface area contributed by atoms with Gasteiger partial charge in [0.15, 0.2) is 5.82 Å². The molecule has 1 aliphatic rings. The minimum atomic E-state index is -0.239. The van der Waals surface area contributed by atoms with E-state index in [-0.39, 0.29) is 5.41 Å². The Labute approximate surface area is 285 Å². The number of nitrogens with zero attached hydrogens (tertiary/aromatic N) is 3. The van der Waals surface area contributed by atoms with Crippen molar-refractivity contribution >= 4 is 11.6 Å². The van der Waals surface area contributed by atoms with Crippen molar-refractivity contribution < 1.29 is 0 Å². The van der Waals surface area contributed by atoms with Gasteiger partial charge in [-0.25, -0.2) is 9.97 Å². The van der Waals surface area contributed by atoms with E-state index in [0.717, 1.165) is 44.8 Å². The van der Waals surface area contributed by atoms with Crippen molar-refractivity contribution in [2.45, 2.75) is 19.3 Å². The first kappa shape index (κ1) is 29.6. The molecule has 0 N–H and O–H groups in total. The summed E-state index contributed by atoms with van der Waals surface area (Å²) in [5.74, 6) is 0.658. The van der Waals surface area contributed by atoms with Crippen LogP contribution in [-0.4, -0.2) is 9.97 Å². The van der Waals surface area contributed by atoms with E-state index in [1.54, 1.807) is 0 Å². The van der Waals surface area contributed by atoms with Crippen LogP contribution in [-0.2, 0) is 5.41 Å². The number of halogens is 1. The maximum Gasteiger partial charge on any atom is 0.160 e. The van der Waals surface area contributed by atoms with Gasteiger partial charge < -0.3 is 0 Å². The fourth-order valence-electron chi connectivity index (χ4n) is 6.81. The average molecular weight is 636 g/mol. The molecule has 228 valence electrons. The van der Waals surface area contributed by atoms with Crippen LogP contribution >= 0.6 is 11.6 Å². The minimum Gasteiger partial charge on any atom is -0.228 e. The zero-order chi connectivity index (χ0) is 32.8. The molecule has 3 nitrogen and oxygen atoms in total. The maximum atomic E-state index is 9.54. The summed E-state index contributed by atoms with van der Waals surface area (Å²) in [5.41, 5.74) is 14.2. The smallest absolute Gasteiger partial charge is 0.160 e. The first-order chi connectivity index (χ1) is 23.4. The van der Waals surface area contributed by atoms with Gasteiger partial charge in [0.05, 0.1) is 23.0 Å². The molecule has 0 saturated heterocycles. The Morgan fingerprint density at radius 3 is 1.73 bits per heavy atom. The molecule has 0 fully saturated rings. The number of hydrogen-bond donors (Lipinski definition) is 0. The molecule has 7 aromatic rings. The molecule has 8 rings (SSSR count). The number of benzene rings is 6. The number of fused-ring (bicyclic) bond motifs is 3. The van der Waals surface area contributed by atoms with Crippen LogP contribution in [0.4, 0.5) is 0 Å². The summed E-state index contributed by atoms with van der Waals surface area (Å²) >= 11 is 6.84. The highest BCUT2D eigenvalue weighted by molar-refractivity contribution is 6.31. The quantitative estimate of drug-likeness (QED) is 0.189. The Morgan fingerprint density at radius 1 is 0.500 bits per heavy atom. The summed E-state index contributed by atoms with van der Waals surface area (Å²) in [5, 5.41) is 10.2. The number of aromatic nitrogens is 2. The molecule has 48 heavy (non-hydrogen) atoms. The standard InChI is InChI=1S/C44H30ClN3/c1-44(2)39-21-28(27-46)13-19-37(39)38-20-18-33(25-40(38)44)34-22-35(24-36(45)23-34)42-26-41(47-43(48-42)32-11-7-4-8-12-32)31-16-14-30(15-17-31)29-9-5-3-6-10-29/h3-26H,1-2H3. The zero-order valence-corrected chi connectivity index (χ0v) is 27.3. The maximum absolute atomic E-state index is 9.54. The van der Waals surface area contributed by atoms with E-state index in [2.05, 4.69) is 105 Å². The van der Waals surface area contributed by atoms with Crippen LogP contribution < -0.4 is 0 Å². The van der Waals surface area contributed by atoms with Gasteiger partial charge >= 0.3 is 0 Å². The highest BCUT2D eigenvalue weighted by Crippen LogP contribution is 2.50. The predicted molar refractivity (Wildman–Crippen MR) is 197 cm³/mol. The highest BCUT2D eigenvalue weighted by Gasteiger charge is 2.35. The lowest BCUT2D eigenvalue weighted by molar-refractivity contribution is 0.660. The van der Waals surface area contributed by atoms with Gasteiger partial charge in [0.1, 0.15) is 0 Å². The van der Waals surface area contributed by atoms with E-state index in [9.17, 15) is 5.26 Å². The topological polar surface area (TPSA) is 49.6 Å². The van der Waals surface area contributed by atoms with E-state index < -0.39 is 0 Å². The second-order valence-electron chi connectivity index (χ2n) is 12.8. The largest absolute Gasteiger partial charge is 0.228 e. The van der Waals surface area contributed by atoms with E-state index in [1.165, 1.54) is 27.8 Å². The number of nitriles is 1. The normalized spacial score (nSPS) is 12.6. The van der Waals surface area contributed by atoms with Crippen molar-refractivity contribution in [1.29, 1.82) is 5.26 Å². The van der Waals surface area contributed by atoms with E-state index in [1.807, 2.05) is 60.7 Å². The molecule has 0 saturated carbocycles. The lowest BCUT2D eigenvalue weighted by atomic mass is 9.81. The van der Waals surface area contributed by atoms with Crippen molar-refractivity contribution in [1.82, 2.24) is 9.97 Å².